The number of benzene rings is 3. The molecule has 232 valence electrons. The summed E-state index contributed by atoms with van der Waals surface area (Å²) in [6, 6.07) is 25.8. The van der Waals surface area contributed by atoms with E-state index in [4.69, 9.17) is 9.47 Å². The van der Waals surface area contributed by atoms with E-state index in [9.17, 15) is 24.0 Å². The molecule has 0 aromatic heterocycles. The Morgan fingerprint density at radius 1 is 0.727 bits per heavy atom. The summed E-state index contributed by atoms with van der Waals surface area (Å²) in [5.74, 6) is -2.58. The second-order valence-corrected chi connectivity index (χ2v) is 11.5. The number of alkyl carbamates (subject to hydrolysis) is 1. The lowest BCUT2D eigenvalue weighted by molar-refractivity contribution is -0.137. The molecule has 0 aliphatic rings. The maximum absolute atomic E-state index is 13.9. The van der Waals surface area contributed by atoms with Gasteiger partial charge in [0.25, 0.3) is 11.8 Å². The molecule has 0 radical (unpaired) electrons. The molecule has 0 saturated carbocycles. The van der Waals surface area contributed by atoms with Crippen LogP contribution in [-0.4, -0.2) is 58.9 Å². The highest BCUT2D eigenvalue weighted by atomic mass is 16.6. The van der Waals surface area contributed by atoms with E-state index in [1.165, 1.54) is 0 Å². The van der Waals surface area contributed by atoms with Crippen LogP contribution in [0, 0.1) is 0 Å². The average Bonchev–Trinajstić information content (AvgIpc) is 2.99. The Labute approximate surface area is 257 Å². The third kappa shape index (κ3) is 10.5. The van der Waals surface area contributed by atoms with Gasteiger partial charge < -0.3 is 14.8 Å². The molecule has 0 saturated heterocycles. The predicted molar refractivity (Wildman–Crippen MR) is 165 cm³/mol. The number of nitrogens with one attached hydrogen (secondary N) is 2. The second-order valence-electron chi connectivity index (χ2n) is 11.5. The number of ether oxygens (including phenoxy) is 2. The zero-order chi connectivity index (χ0) is 32.2. The maximum atomic E-state index is 13.9. The molecular formula is C34H39N3O7. The number of rotatable bonds is 12. The molecule has 0 unspecified atom stereocenters. The van der Waals surface area contributed by atoms with Gasteiger partial charge in [0.15, 0.2) is 0 Å². The van der Waals surface area contributed by atoms with Crippen molar-refractivity contribution >= 4 is 29.7 Å². The summed E-state index contributed by atoms with van der Waals surface area (Å²) < 4.78 is 11.4. The Balaban J connectivity index is 1.85. The molecule has 5 amide bonds. The standard InChI is InChI=1S/C34H39N3O7/c1-33(2,3)44-32(42)35-23-34(4,24-43-22-25-14-8-5-9-15-25)37(31(41)27-18-12-7-13-19-27)29(39)21-20-28(38)36-30(40)26-16-10-6-11-17-26/h5-19H,20-24H2,1-4H3,(H,35,42)(H,36,38,40)/t34-/m1/s1. The van der Waals surface area contributed by atoms with Gasteiger partial charge in [-0.2, -0.15) is 0 Å². The molecule has 0 heterocycles. The zero-order valence-corrected chi connectivity index (χ0v) is 25.5. The lowest BCUT2D eigenvalue weighted by atomic mass is 9.97. The van der Waals surface area contributed by atoms with Gasteiger partial charge in [-0.3, -0.25) is 29.4 Å². The van der Waals surface area contributed by atoms with Crippen molar-refractivity contribution in [2.75, 3.05) is 13.2 Å². The van der Waals surface area contributed by atoms with E-state index in [1.807, 2.05) is 30.3 Å². The number of hydrogen-bond donors (Lipinski definition) is 2. The van der Waals surface area contributed by atoms with Crippen LogP contribution in [0.4, 0.5) is 4.79 Å². The van der Waals surface area contributed by atoms with E-state index in [0.717, 1.165) is 10.5 Å². The minimum absolute atomic E-state index is 0.138. The zero-order valence-electron chi connectivity index (χ0n) is 25.5. The molecule has 0 bridgehead atoms. The Hall–Kier alpha value is -4.83. The summed E-state index contributed by atoms with van der Waals surface area (Å²) in [5, 5.41) is 4.94. The molecule has 3 rings (SSSR count). The molecule has 2 N–H and O–H groups in total. The molecule has 0 fully saturated rings. The van der Waals surface area contributed by atoms with Gasteiger partial charge in [0.2, 0.25) is 11.8 Å². The van der Waals surface area contributed by atoms with Crippen molar-refractivity contribution in [1.29, 1.82) is 0 Å². The molecule has 10 nitrogen and oxygen atoms in total. The summed E-state index contributed by atoms with van der Waals surface area (Å²) in [6.07, 6.45) is -1.46. The summed E-state index contributed by atoms with van der Waals surface area (Å²) >= 11 is 0. The van der Waals surface area contributed by atoms with Gasteiger partial charge in [-0.25, -0.2) is 4.79 Å². The van der Waals surface area contributed by atoms with Crippen molar-refractivity contribution in [2.24, 2.45) is 0 Å². The van der Waals surface area contributed by atoms with Gasteiger partial charge in [-0.05, 0) is 57.5 Å². The fourth-order valence-corrected chi connectivity index (χ4v) is 4.29. The van der Waals surface area contributed by atoms with E-state index >= 15 is 0 Å². The molecule has 44 heavy (non-hydrogen) atoms. The van der Waals surface area contributed by atoms with Crippen LogP contribution in [0.2, 0.25) is 0 Å². The van der Waals surface area contributed by atoms with Crippen molar-refractivity contribution in [3.63, 3.8) is 0 Å². The molecule has 3 aromatic carbocycles. The highest BCUT2D eigenvalue weighted by Crippen LogP contribution is 2.22. The van der Waals surface area contributed by atoms with E-state index in [2.05, 4.69) is 10.6 Å². The molecule has 10 heteroatoms. The van der Waals surface area contributed by atoms with Crippen molar-refractivity contribution in [1.82, 2.24) is 15.5 Å². The SMILES string of the molecule is CC(C)(C)OC(=O)NC[C@](C)(COCc1ccccc1)N(C(=O)CCC(=O)NC(=O)c1ccccc1)C(=O)c1ccccc1. The van der Waals surface area contributed by atoms with Crippen molar-refractivity contribution in [2.45, 2.75) is 58.3 Å². The fraction of sp³-hybridized carbons (Fsp3) is 0.324. The van der Waals surface area contributed by atoms with E-state index < -0.39 is 40.9 Å². The van der Waals surface area contributed by atoms with Gasteiger partial charge in [-0.1, -0.05) is 66.7 Å². The quantitative estimate of drug-likeness (QED) is 0.302. The molecular weight excluding hydrogens is 562 g/mol. The van der Waals surface area contributed by atoms with Gasteiger partial charge >= 0.3 is 6.09 Å². The lowest BCUT2D eigenvalue weighted by Gasteiger charge is -2.40. The Morgan fingerprint density at radius 3 is 1.84 bits per heavy atom. The largest absolute Gasteiger partial charge is 0.444 e. The summed E-state index contributed by atoms with van der Waals surface area (Å²) in [6.45, 7) is 6.63. The number of nitrogens with zero attached hydrogens (tertiary/aromatic N) is 1. The molecule has 3 aromatic rings. The number of carbonyl (C=O) groups is 5. The van der Waals surface area contributed by atoms with Crippen LogP contribution in [0.3, 0.4) is 0 Å². The first-order valence-corrected chi connectivity index (χ1v) is 14.3. The fourth-order valence-electron chi connectivity index (χ4n) is 4.29. The van der Waals surface area contributed by atoms with Crippen LogP contribution < -0.4 is 10.6 Å². The summed E-state index contributed by atoms with van der Waals surface area (Å²) in [4.78, 5) is 66.4. The normalized spacial score (nSPS) is 12.4. The van der Waals surface area contributed by atoms with Crippen LogP contribution in [0.15, 0.2) is 91.0 Å². The minimum atomic E-state index is -1.40. The van der Waals surface area contributed by atoms with Crippen molar-refractivity contribution < 1.29 is 33.4 Å². The molecule has 0 aliphatic heterocycles. The van der Waals surface area contributed by atoms with Gasteiger partial charge in [0.1, 0.15) is 5.60 Å². The topological polar surface area (TPSA) is 131 Å². The Bertz CT molecular complexity index is 1420. The summed E-state index contributed by atoms with van der Waals surface area (Å²) in [7, 11) is 0. The summed E-state index contributed by atoms with van der Waals surface area (Å²) in [5.41, 5.74) is -0.765. The number of hydrogen-bond acceptors (Lipinski definition) is 7. The van der Waals surface area contributed by atoms with Crippen LogP contribution in [0.1, 0.15) is 66.8 Å². The maximum Gasteiger partial charge on any atom is 0.407 e. The van der Waals surface area contributed by atoms with E-state index in [1.54, 1.807) is 88.4 Å². The van der Waals surface area contributed by atoms with Gasteiger partial charge in [0, 0.05) is 30.5 Å². The monoisotopic (exact) mass is 601 g/mol. The van der Waals surface area contributed by atoms with Crippen LogP contribution >= 0.6 is 0 Å². The number of carbonyl (C=O) groups excluding carboxylic acids is 5. The van der Waals surface area contributed by atoms with Crippen LogP contribution in [0.5, 0.6) is 0 Å². The minimum Gasteiger partial charge on any atom is -0.444 e. The van der Waals surface area contributed by atoms with E-state index in [0.29, 0.717) is 5.56 Å². The third-order valence-electron chi connectivity index (χ3n) is 6.40. The predicted octanol–water partition coefficient (Wildman–Crippen LogP) is 4.89. The lowest BCUT2D eigenvalue weighted by Crippen LogP contribution is -2.61. The van der Waals surface area contributed by atoms with E-state index in [-0.39, 0.29) is 38.2 Å². The first kappa shape index (κ1) is 33.7. The average molecular weight is 602 g/mol. The van der Waals surface area contributed by atoms with Gasteiger partial charge in [0.05, 0.1) is 18.8 Å². The van der Waals surface area contributed by atoms with Crippen molar-refractivity contribution in [3.8, 4) is 0 Å². The smallest absolute Gasteiger partial charge is 0.407 e. The van der Waals surface area contributed by atoms with Crippen LogP contribution in [0.25, 0.3) is 0 Å². The van der Waals surface area contributed by atoms with Crippen molar-refractivity contribution in [3.05, 3.63) is 108 Å². The highest BCUT2D eigenvalue weighted by molar-refractivity contribution is 6.07. The van der Waals surface area contributed by atoms with Gasteiger partial charge in [-0.15, -0.1) is 0 Å². The number of imide groups is 2. The molecule has 0 spiro atoms. The highest BCUT2D eigenvalue weighted by Gasteiger charge is 2.41. The number of amides is 5. The first-order chi connectivity index (χ1) is 20.9. The first-order valence-electron chi connectivity index (χ1n) is 14.3. The Kier molecular flexibility index (Phi) is 11.9. The molecule has 1 atom stereocenters. The second kappa shape index (κ2) is 15.6. The van der Waals surface area contributed by atoms with Crippen LogP contribution in [-0.2, 0) is 25.7 Å². The Morgan fingerprint density at radius 2 is 1.27 bits per heavy atom. The third-order valence-corrected chi connectivity index (χ3v) is 6.40. The molecule has 0 aliphatic carbocycles.